The number of hydrogen-bond acceptors (Lipinski definition) is 4. The Hall–Kier alpha value is -1.82. The Morgan fingerprint density at radius 3 is 2.79 bits per heavy atom. The van der Waals surface area contributed by atoms with Crippen LogP contribution in [0, 0.1) is 13.8 Å². The minimum absolute atomic E-state index is 0.0451. The number of thioether (sulfide) groups is 1. The van der Waals surface area contributed by atoms with Gasteiger partial charge in [0.2, 0.25) is 5.91 Å². The van der Waals surface area contributed by atoms with Crippen LogP contribution < -0.4 is 5.32 Å². The largest absolute Gasteiger partial charge is 0.325 e. The molecule has 19 heavy (non-hydrogen) atoms. The van der Waals surface area contributed by atoms with Gasteiger partial charge in [0, 0.05) is 12.7 Å². The van der Waals surface area contributed by atoms with E-state index in [0.29, 0.717) is 5.75 Å². The van der Waals surface area contributed by atoms with Crippen molar-refractivity contribution in [3.05, 3.63) is 35.7 Å². The van der Waals surface area contributed by atoms with Crippen molar-refractivity contribution in [3.63, 3.8) is 0 Å². The van der Waals surface area contributed by atoms with Gasteiger partial charge in [0.05, 0.1) is 5.75 Å². The van der Waals surface area contributed by atoms with Crippen LogP contribution in [0.1, 0.15) is 11.1 Å². The van der Waals surface area contributed by atoms with E-state index < -0.39 is 0 Å². The standard InChI is InChI=1S/C13H16N4OS/c1-9-4-5-11(6-10(9)2)15-12(18)7-19-13-16-14-8-17(13)3/h4-6,8H,7H2,1-3H3,(H,15,18). The second-order valence-corrected chi connectivity index (χ2v) is 5.30. The number of aromatic nitrogens is 3. The first-order chi connectivity index (χ1) is 9.06. The zero-order valence-corrected chi connectivity index (χ0v) is 12.0. The highest BCUT2D eigenvalue weighted by molar-refractivity contribution is 7.99. The Labute approximate surface area is 116 Å². The molecule has 0 atom stereocenters. The highest BCUT2D eigenvalue weighted by atomic mass is 32.2. The van der Waals surface area contributed by atoms with E-state index in [1.54, 1.807) is 10.9 Å². The highest BCUT2D eigenvalue weighted by Crippen LogP contribution is 2.16. The molecule has 0 fully saturated rings. The van der Waals surface area contributed by atoms with Crippen molar-refractivity contribution in [3.8, 4) is 0 Å². The zero-order valence-electron chi connectivity index (χ0n) is 11.2. The maximum atomic E-state index is 11.8. The Bertz CT molecular complexity index is 594. The Morgan fingerprint density at radius 1 is 1.37 bits per heavy atom. The number of benzene rings is 1. The molecule has 0 bridgehead atoms. The lowest BCUT2D eigenvalue weighted by atomic mass is 10.1. The second-order valence-electron chi connectivity index (χ2n) is 4.36. The van der Waals surface area contributed by atoms with E-state index in [2.05, 4.69) is 15.5 Å². The molecule has 1 heterocycles. The van der Waals surface area contributed by atoms with Crippen LogP contribution in [0.5, 0.6) is 0 Å². The van der Waals surface area contributed by atoms with Gasteiger partial charge in [-0.05, 0) is 37.1 Å². The smallest absolute Gasteiger partial charge is 0.234 e. The monoisotopic (exact) mass is 276 g/mol. The predicted octanol–water partition coefficient (Wildman–Crippen LogP) is 2.16. The molecule has 0 saturated heterocycles. The van der Waals surface area contributed by atoms with Gasteiger partial charge < -0.3 is 9.88 Å². The predicted molar refractivity (Wildman–Crippen MR) is 76.3 cm³/mol. The third-order valence-electron chi connectivity index (χ3n) is 2.79. The van der Waals surface area contributed by atoms with Crippen molar-refractivity contribution in [2.45, 2.75) is 19.0 Å². The first kappa shape index (κ1) is 13.6. The molecule has 2 aromatic rings. The van der Waals surface area contributed by atoms with Gasteiger partial charge in [-0.2, -0.15) is 0 Å². The molecule has 0 radical (unpaired) electrons. The molecule has 1 amide bonds. The quantitative estimate of drug-likeness (QED) is 0.869. The molecule has 0 aliphatic heterocycles. The maximum Gasteiger partial charge on any atom is 0.234 e. The first-order valence-electron chi connectivity index (χ1n) is 5.90. The summed E-state index contributed by atoms with van der Waals surface area (Å²) in [5, 5.41) is 11.3. The van der Waals surface area contributed by atoms with Gasteiger partial charge >= 0.3 is 0 Å². The van der Waals surface area contributed by atoms with Crippen molar-refractivity contribution in [2.75, 3.05) is 11.1 Å². The summed E-state index contributed by atoms with van der Waals surface area (Å²) < 4.78 is 1.79. The lowest BCUT2D eigenvalue weighted by Crippen LogP contribution is -2.14. The molecular formula is C13H16N4OS. The molecule has 1 aromatic heterocycles. The molecule has 0 aliphatic carbocycles. The summed E-state index contributed by atoms with van der Waals surface area (Å²) in [7, 11) is 1.85. The van der Waals surface area contributed by atoms with Crippen LogP contribution in [0.25, 0.3) is 0 Å². The molecule has 0 saturated carbocycles. The minimum Gasteiger partial charge on any atom is -0.325 e. The molecule has 5 nitrogen and oxygen atoms in total. The summed E-state index contributed by atoms with van der Waals surface area (Å²) in [6.45, 7) is 4.07. The zero-order chi connectivity index (χ0) is 13.8. The lowest BCUT2D eigenvalue weighted by Gasteiger charge is -2.07. The number of nitrogens with one attached hydrogen (secondary N) is 1. The summed E-state index contributed by atoms with van der Waals surface area (Å²) in [5.74, 6) is 0.274. The van der Waals surface area contributed by atoms with E-state index in [9.17, 15) is 4.79 Å². The number of carbonyl (C=O) groups is 1. The number of rotatable bonds is 4. The number of carbonyl (C=O) groups excluding carboxylic acids is 1. The Balaban J connectivity index is 1.91. The van der Waals surface area contributed by atoms with Crippen molar-refractivity contribution < 1.29 is 4.79 Å². The maximum absolute atomic E-state index is 11.8. The van der Waals surface area contributed by atoms with Crippen LogP contribution in [0.3, 0.4) is 0 Å². The number of anilines is 1. The summed E-state index contributed by atoms with van der Waals surface area (Å²) in [6, 6.07) is 5.88. The number of aryl methyl sites for hydroxylation is 3. The fourth-order valence-electron chi connectivity index (χ4n) is 1.55. The molecule has 6 heteroatoms. The van der Waals surface area contributed by atoms with Crippen molar-refractivity contribution in [1.82, 2.24) is 14.8 Å². The highest BCUT2D eigenvalue weighted by Gasteiger charge is 2.07. The van der Waals surface area contributed by atoms with Crippen LogP contribution in [-0.4, -0.2) is 26.4 Å². The first-order valence-corrected chi connectivity index (χ1v) is 6.88. The van der Waals surface area contributed by atoms with Gasteiger partial charge in [0.1, 0.15) is 6.33 Å². The molecular weight excluding hydrogens is 260 g/mol. The molecule has 100 valence electrons. The van der Waals surface area contributed by atoms with Gasteiger partial charge in [-0.3, -0.25) is 4.79 Å². The second kappa shape index (κ2) is 5.88. The molecule has 1 N–H and O–H groups in total. The molecule has 1 aromatic carbocycles. The third kappa shape index (κ3) is 3.57. The van der Waals surface area contributed by atoms with Gasteiger partial charge in [0.25, 0.3) is 0 Å². The normalized spacial score (nSPS) is 10.5. The fraction of sp³-hybridized carbons (Fsp3) is 0.308. The van der Waals surface area contributed by atoms with E-state index in [4.69, 9.17) is 0 Å². The number of hydrogen-bond donors (Lipinski definition) is 1. The van der Waals surface area contributed by atoms with Crippen molar-refractivity contribution >= 4 is 23.4 Å². The lowest BCUT2D eigenvalue weighted by molar-refractivity contribution is -0.113. The van der Waals surface area contributed by atoms with Crippen LogP contribution in [0.15, 0.2) is 29.7 Å². The summed E-state index contributed by atoms with van der Waals surface area (Å²) in [5.41, 5.74) is 3.21. The van der Waals surface area contributed by atoms with Gasteiger partial charge in [-0.1, -0.05) is 17.8 Å². The van der Waals surface area contributed by atoms with E-state index in [1.807, 2.05) is 39.1 Å². The minimum atomic E-state index is -0.0451. The SMILES string of the molecule is Cc1ccc(NC(=O)CSc2nncn2C)cc1C. The van der Waals surface area contributed by atoms with E-state index in [0.717, 1.165) is 10.8 Å². The fourth-order valence-corrected chi connectivity index (χ4v) is 2.24. The number of nitrogens with zero attached hydrogens (tertiary/aromatic N) is 3. The van der Waals surface area contributed by atoms with Crippen LogP contribution in [-0.2, 0) is 11.8 Å². The van der Waals surface area contributed by atoms with Crippen LogP contribution in [0.2, 0.25) is 0 Å². The molecule has 0 spiro atoms. The van der Waals surface area contributed by atoms with E-state index in [1.165, 1.54) is 22.9 Å². The van der Waals surface area contributed by atoms with Gasteiger partial charge in [-0.15, -0.1) is 10.2 Å². The van der Waals surface area contributed by atoms with Crippen LogP contribution >= 0.6 is 11.8 Å². The Kier molecular flexibility index (Phi) is 4.21. The average molecular weight is 276 g/mol. The topological polar surface area (TPSA) is 59.8 Å². The Morgan fingerprint density at radius 2 is 2.16 bits per heavy atom. The van der Waals surface area contributed by atoms with E-state index in [-0.39, 0.29) is 5.91 Å². The third-order valence-corrected chi connectivity index (χ3v) is 3.83. The molecule has 2 rings (SSSR count). The van der Waals surface area contributed by atoms with Crippen molar-refractivity contribution in [2.24, 2.45) is 7.05 Å². The van der Waals surface area contributed by atoms with Crippen molar-refractivity contribution in [1.29, 1.82) is 0 Å². The summed E-state index contributed by atoms with van der Waals surface area (Å²) in [6.07, 6.45) is 1.61. The molecule has 0 unspecified atom stereocenters. The van der Waals surface area contributed by atoms with Gasteiger partial charge in [0.15, 0.2) is 5.16 Å². The summed E-state index contributed by atoms with van der Waals surface area (Å²) >= 11 is 1.37. The average Bonchev–Trinajstić information content (AvgIpc) is 2.77. The molecule has 0 aliphatic rings. The summed E-state index contributed by atoms with van der Waals surface area (Å²) in [4.78, 5) is 11.8. The van der Waals surface area contributed by atoms with Crippen LogP contribution in [0.4, 0.5) is 5.69 Å². The number of amides is 1. The van der Waals surface area contributed by atoms with E-state index >= 15 is 0 Å². The van der Waals surface area contributed by atoms with Gasteiger partial charge in [-0.25, -0.2) is 0 Å².